The highest BCUT2D eigenvalue weighted by atomic mass is 35.5. The van der Waals surface area contributed by atoms with Gasteiger partial charge in [0.25, 0.3) is 0 Å². The maximum atomic E-state index is 14.2. The highest BCUT2D eigenvalue weighted by molar-refractivity contribution is 6.42. The molecular weight excluding hydrogens is 432 g/mol. The van der Waals surface area contributed by atoms with Gasteiger partial charge in [-0.15, -0.1) is 0 Å². The van der Waals surface area contributed by atoms with Crippen molar-refractivity contribution in [2.45, 2.75) is 70.3 Å². The Kier molecular flexibility index (Phi) is 8.29. The number of methoxy groups -OCH3 is 1. The van der Waals surface area contributed by atoms with E-state index in [4.69, 9.17) is 33.7 Å². The number of ether oxygens (including phenoxy) is 1. The molecule has 0 spiro atoms. The van der Waals surface area contributed by atoms with E-state index in [-0.39, 0.29) is 17.3 Å². The molecule has 0 aromatic heterocycles. The van der Waals surface area contributed by atoms with Crippen LogP contribution in [0.2, 0.25) is 10.0 Å². The Bertz CT molecular complexity index is 890. The largest absolute Gasteiger partial charge is 0.496 e. The molecule has 2 aromatic carbocycles. The lowest BCUT2D eigenvalue weighted by Gasteiger charge is -2.44. The molecule has 5 heteroatoms. The minimum Gasteiger partial charge on any atom is -0.496 e. The molecule has 1 aliphatic carbocycles. The van der Waals surface area contributed by atoms with Crippen LogP contribution in [0.4, 0.5) is 4.39 Å². The zero-order valence-corrected chi connectivity index (χ0v) is 20.3. The average molecular weight is 466 g/mol. The number of hydrogen-bond acceptors (Lipinski definition) is 2. The van der Waals surface area contributed by atoms with Crippen LogP contribution in [0.5, 0.6) is 5.75 Å². The maximum Gasteiger partial charge on any atom is 0.123 e. The SMILES string of the molecule is CCCC(N)C(Cc1ccc(Cl)c(Cl)c1)C1CCCC(C)(c2cc(F)ccc2OC)C1. The Morgan fingerprint density at radius 3 is 2.65 bits per heavy atom. The third-order valence-corrected chi connectivity index (χ3v) is 7.80. The van der Waals surface area contributed by atoms with Crippen molar-refractivity contribution in [3.63, 3.8) is 0 Å². The van der Waals surface area contributed by atoms with Crippen molar-refractivity contribution in [3.05, 3.63) is 63.4 Å². The fourth-order valence-corrected chi connectivity index (χ4v) is 5.77. The summed E-state index contributed by atoms with van der Waals surface area (Å²) in [6.45, 7) is 4.43. The molecular formula is C26H34Cl2FNO. The molecule has 1 saturated carbocycles. The van der Waals surface area contributed by atoms with E-state index in [0.717, 1.165) is 56.3 Å². The van der Waals surface area contributed by atoms with Crippen molar-refractivity contribution in [2.24, 2.45) is 17.6 Å². The van der Waals surface area contributed by atoms with Crippen LogP contribution in [0, 0.1) is 17.7 Å². The number of halogens is 3. The molecule has 1 aliphatic rings. The van der Waals surface area contributed by atoms with Crippen molar-refractivity contribution >= 4 is 23.2 Å². The molecule has 0 amide bonds. The van der Waals surface area contributed by atoms with Gasteiger partial charge in [-0.05, 0) is 78.8 Å². The Labute approximate surface area is 196 Å². The highest BCUT2D eigenvalue weighted by Crippen LogP contribution is 2.48. The molecule has 0 saturated heterocycles. The summed E-state index contributed by atoms with van der Waals surface area (Å²) in [6, 6.07) is 10.9. The topological polar surface area (TPSA) is 35.2 Å². The first kappa shape index (κ1) is 24.4. The Morgan fingerprint density at radius 1 is 1.19 bits per heavy atom. The third kappa shape index (κ3) is 5.74. The maximum absolute atomic E-state index is 14.2. The van der Waals surface area contributed by atoms with Crippen molar-refractivity contribution in [1.29, 1.82) is 0 Å². The predicted octanol–water partition coefficient (Wildman–Crippen LogP) is 7.58. The number of nitrogens with two attached hydrogens (primary N) is 1. The van der Waals surface area contributed by atoms with Gasteiger partial charge < -0.3 is 10.5 Å². The monoisotopic (exact) mass is 465 g/mol. The van der Waals surface area contributed by atoms with E-state index in [0.29, 0.717) is 21.9 Å². The van der Waals surface area contributed by atoms with Crippen LogP contribution in [0.25, 0.3) is 0 Å². The molecule has 0 bridgehead atoms. The van der Waals surface area contributed by atoms with Crippen LogP contribution >= 0.6 is 23.2 Å². The third-order valence-electron chi connectivity index (χ3n) is 7.06. The summed E-state index contributed by atoms with van der Waals surface area (Å²) >= 11 is 12.4. The minimum absolute atomic E-state index is 0.112. The highest BCUT2D eigenvalue weighted by Gasteiger charge is 2.40. The van der Waals surface area contributed by atoms with E-state index >= 15 is 0 Å². The Morgan fingerprint density at radius 2 is 1.97 bits per heavy atom. The summed E-state index contributed by atoms with van der Waals surface area (Å²) in [5, 5.41) is 1.16. The first-order valence-electron chi connectivity index (χ1n) is 11.3. The molecule has 0 heterocycles. The van der Waals surface area contributed by atoms with Gasteiger partial charge in [-0.25, -0.2) is 4.39 Å². The summed E-state index contributed by atoms with van der Waals surface area (Å²) in [5.41, 5.74) is 8.74. The second kappa shape index (κ2) is 10.6. The van der Waals surface area contributed by atoms with E-state index in [2.05, 4.69) is 19.9 Å². The summed E-state index contributed by atoms with van der Waals surface area (Å²) in [7, 11) is 1.66. The first-order chi connectivity index (χ1) is 14.8. The molecule has 2 aromatic rings. The molecule has 4 unspecified atom stereocenters. The second-order valence-corrected chi connectivity index (χ2v) is 10.1. The Hall–Kier alpha value is -1.29. The van der Waals surface area contributed by atoms with Gasteiger partial charge in [-0.3, -0.25) is 0 Å². The second-order valence-electron chi connectivity index (χ2n) is 9.33. The van der Waals surface area contributed by atoms with Crippen molar-refractivity contribution < 1.29 is 9.13 Å². The summed E-state index contributed by atoms with van der Waals surface area (Å²) < 4.78 is 19.8. The van der Waals surface area contributed by atoms with E-state index in [1.54, 1.807) is 19.2 Å². The predicted molar refractivity (Wildman–Crippen MR) is 129 cm³/mol. The smallest absolute Gasteiger partial charge is 0.123 e. The molecule has 2 nitrogen and oxygen atoms in total. The van der Waals surface area contributed by atoms with Crippen molar-refractivity contribution in [2.75, 3.05) is 7.11 Å². The van der Waals surface area contributed by atoms with E-state index in [1.165, 1.54) is 11.6 Å². The van der Waals surface area contributed by atoms with Crippen LogP contribution in [0.1, 0.15) is 63.5 Å². The molecule has 31 heavy (non-hydrogen) atoms. The van der Waals surface area contributed by atoms with Crippen LogP contribution < -0.4 is 10.5 Å². The van der Waals surface area contributed by atoms with Crippen molar-refractivity contribution in [1.82, 2.24) is 0 Å². The van der Waals surface area contributed by atoms with E-state index in [1.807, 2.05) is 12.1 Å². The van der Waals surface area contributed by atoms with Gasteiger partial charge in [0.15, 0.2) is 0 Å². The molecule has 0 radical (unpaired) electrons. The Balaban J connectivity index is 1.90. The van der Waals surface area contributed by atoms with E-state index < -0.39 is 0 Å². The fourth-order valence-electron chi connectivity index (χ4n) is 5.45. The van der Waals surface area contributed by atoms with Gasteiger partial charge in [0.1, 0.15) is 11.6 Å². The molecule has 4 atom stereocenters. The van der Waals surface area contributed by atoms with Crippen LogP contribution in [0.3, 0.4) is 0 Å². The van der Waals surface area contributed by atoms with Gasteiger partial charge in [-0.1, -0.05) is 62.4 Å². The summed E-state index contributed by atoms with van der Waals surface area (Å²) in [6.07, 6.45) is 7.14. The first-order valence-corrected chi connectivity index (χ1v) is 12.1. The van der Waals surface area contributed by atoms with Gasteiger partial charge in [-0.2, -0.15) is 0 Å². The molecule has 0 aliphatic heterocycles. The van der Waals surface area contributed by atoms with E-state index in [9.17, 15) is 4.39 Å². The van der Waals surface area contributed by atoms with Gasteiger partial charge >= 0.3 is 0 Å². The van der Waals surface area contributed by atoms with Crippen molar-refractivity contribution in [3.8, 4) is 5.75 Å². The number of benzene rings is 2. The lowest BCUT2D eigenvalue weighted by atomic mass is 9.62. The van der Waals surface area contributed by atoms with Crippen LogP contribution in [0.15, 0.2) is 36.4 Å². The quantitative estimate of drug-likeness (QED) is 0.435. The van der Waals surface area contributed by atoms with Crippen LogP contribution in [-0.4, -0.2) is 13.2 Å². The molecule has 170 valence electrons. The fraction of sp³-hybridized carbons (Fsp3) is 0.538. The minimum atomic E-state index is -0.214. The molecule has 3 rings (SSSR count). The molecule has 1 fully saturated rings. The summed E-state index contributed by atoms with van der Waals surface area (Å²) in [4.78, 5) is 0. The van der Waals surface area contributed by atoms with Gasteiger partial charge in [0, 0.05) is 11.6 Å². The zero-order valence-electron chi connectivity index (χ0n) is 18.8. The number of hydrogen-bond donors (Lipinski definition) is 1. The lowest BCUT2D eigenvalue weighted by Crippen LogP contribution is -2.41. The summed E-state index contributed by atoms with van der Waals surface area (Å²) in [5.74, 6) is 1.33. The molecule has 2 N–H and O–H groups in total. The standard InChI is InChI=1S/C26H34Cl2FNO/c1-4-6-24(30)20(13-17-8-10-22(27)23(28)14-17)18-7-5-12-26(2,16-18)21-15-19(29)9-11-25(21)31-3/h8-11,14-15,18,20,24H,4-7,12-13,16,30H2,1-3H3. The number of rotatable bonds is 8. The average Bonchev–Trinajstić information content (AvgIpc) is 2.74. The zero-order chi connectivity index (χ0) is 22.6. The normalized spacial score (nSPS) is 23.4. The van der Waals surface area contributed by atoms with Gasteiger partial charge in [0.05, 0.1) is 17.2 Å². The van der Waals surface area contributed by atoms with Crippen LogP contribution in [-0.2, 0) is 11.8 Å². The van der Waals surface area contributed by atoms with Gasteiger partial charge in [0.2, 0.25) is 0 Å². The lowest BCUT2D eigenvalue weighted by molar-refractivity contribution is 0.150.